The maximum Gasteiger partial charge on any atom is 0.255 e. The summed E-state index contributed by atoms with van der Waals surface area (Å²) in [6, 6.07) is 6.27. The number of carbonyl (C=O) groups excluding carboxylic acids is 1. The second-order valence-electron chi connectivity index (χ2n) is 5.55. The number of nitrogens with one attached hydrogen (secondary N) is 1. The molecule has 0 spiro atoms. The molecule has 2 aromatic rings. The number of benzene rings is 1. The average molecular weight is 350 g/mol. The lowest BCUT2D eigenvalue weighted by atomic mass is 10.1. The van der Waals surface area contributed by atoms with Gasteiger partial charge in [-0.15, -0.1) is 0 Å². The highest BCUT2D eigenvalue weighted by Crippen LogP contribution is 2.36. The van der Waals surface area contributed by atoms with Gasteiger partial charge in [0.15, 0.2) is 0 Å². The van der Waals surface area contributed by atoms with E-state index < -0.39 is 11.6 Å². The van der Waals surface area contributed by atoms with Gasteiger partial charge in [-0.3, -0.25) is 9.59 Å². The van der Waals surface area contributed by atoms with E-state index in [0.29, 0.717) is 36.4 Å². The van der Waals surface area contributed by atoms with Gasteiger partial charge in [-0.25, -0.2) is 8.78 Å². The van der Waals surface area contributed by atoms with Crippen LogP contribution in [0.4, 0.5) is 8.78 Å². The van der Waals surface area contributed by atoms with E-state index in [1.54, 1.807) is 4.90 Å². The lowest BCUT2D eigenvalue weighted by Crippen LogP contribution is -2.33. The van der Waals surface area contributed by atoms with E-state index in [0.717, 1.165) is 12.1 Å². The zero-order chi connectivity index (χ0) is 17.1. The third-order valence-electron chi connectivity index (χ3n) is 3.96. The van der Waals surface area contributed by atoms with Crippen LogP contribution in [0.15, 0.2) is 41.3 Å². The maximum atomic E-state index is 14.0. The van der Waals surface area contributed by atoms with Crippen molar-refractivity contribution in [1.29, 1.82) is 0 Å². The second kappa shape index (κ2) is 7.17. The van der Waals surface area contributed by atoms with Crippen molar-refractivity contribution in [3.63, 3.8) is 0 Å². The molecule has 1 saturated heterocycles. The minimum atomic E-state index is -0.461. The molecule has 1 aliphatic rings. The fourth-order valence-corrected chi connectivity index (χ4v) is 3.95. The molecule has 4 nitrogen and oxygen atoms in total. The molecule has 1 aliphatic heterocycles. The number of thioether (sulfide) groups is 1. The Morgan fingerprint density at radius 3 is 2.79 bits per heavy atom. The number of carbonyl (C=O) groups is 1. The minimum absolute atomic E-state index is 0.174. The van der Waals surface area contributed by atoms with E-state index in [4.69, 9.17) is 0 Å². The van der Waals surface area contributed by atoms with E-state index in [1.807, 2.05) is 0 Å². The molecule has 0 aliphatic carbocycles. The van der Waals surface area contributed by atoms with Crippen molar-refractivity contribution in [2.24, 2.45) is 0 Å². The maximum absolute atomic E-state index is 14.0. The van der Waals surface area contributed by atoms with Crippen LogP contribution in [0.2, 0.25) is 0 Å². The molecule has 1 unspecified atom stereocenters. The number of halogens is 2. The Labute approximate surface area is 141 Å². The Balaban J connectivity index is 1.73. The number of aromatic amines is 1. The molecule has 24 heavy (non-hydrogen) atoms. The highest BCUT2D eigenvalue weighted by molar-refractivity contribution is 7.99. The Morgan fingerprint density at radius 1 is 1.21 bits per heavy atom. The highest BCUT2D eigenvalue weighted by Gasteiger charge is 2.24. The summed E-state index contributed by atoms with van der Waals surface area (Å²) in [5.41, 5.74) is 0.493. The second-order valence-corrected chi connectivity index (χ2v) is 6.86. The molecule has 1 aromatic carbocycles. The SMILES string of the molecule is O=C(c1ccc(=O)[nH]c1)N1CCSC(c2cc(F)ccc2F)CC1. The quantitative estimate of drug-likeness (QED) is 0.906. The van der Waals surface area contributed by atoms with Gasteiger partial charge in [-0.2, -0.15) is 11.8 Å². The fourth-order valence-electron chi connectivity index (χ4n) is 2.71. The van der Waals surface area contributed by atoms with Crippen LogP contribution in [0.25, 0.3) is 0 Å². The molecular weight excluding hydrogens is 334 g/mol. The lowest BCUT2D eigenvalue weighted by Gasteiger charge is -2.20. The van der Waals surface area contributed by atoms with Crippen molar-refractivity contribution in [2.45, 2.75) is 11.7 Å². The van der Waals surface area contributed by atoms with Crippen molar-refractivity contribution in [2.75, 3.05) is 18.8 Å². The van der Waals surface area contributed by atoms with E-state index in [9.17, 15) is 18.4 Å². The van der Waals surface area contributed by atoms with Gasteiger partial charge >= 0.3 is 0 Å². The summed E-state index contributed by atoms with van der Waals surface area (Å²) in [4.78, 5) is 27.7. The van der Waals surface area contributed by atoms with Crippen LogP contribution in [0.1, 0.15) is 27.6 Å². The van der Waals surface area contributed by atoms with Gasteiger partial charge in [0.2, 0.25) is 5.56 Å². The normalized spacial score (nSPS) is 18.2. The molecule has 1 fully saturated rings. The summed E-state index contributed by atoms with van der Waals surface area (Å²) >= 11 is 1.52. The summed E-state index contributed by atoms with van der Waals surface area (Å²) in [7, 11) is 0. The van der Waals surface area contributed by atoms with Gasteiger partial charge in [0.25, 0.3) is 5.91 Å². The number of hydrogen-bond acceptors (Lipinski definition) is 3. The summed E-state index contributed by atoms with van der Waals surface area (Å²) in [6.07, 6.45) is 1.94. The first-order valence-electron chi connectivity index (χ1n) is 7.59. The number of amides is 1. The number of pyridine rings is 1. The van der Waals surface area contributed by atoms with Crippen LogP contribution in [0.5, 0.6) is 0 Å². The van der Waals surface area contributed by atoms with Gasteiger partial charge < -0.3 is 9.88 Å². The Kier molecular flexibility index (Phi) is 4.99. The minimum Gasteiger partial charge on any atom is -0.338 e. The van der Waals surface area contributed by atoms with Crippen LogP contribution < -0.4 is 5.56 Å². The van der Waals surface area contributed by atoms with Gasteiger partial charge in [0.05, 0.1) is 5.56 Å². The number of aromatic nitrogens is 1. The van der Waals surface area contributed by atoms with Crippen LogP contribution in [0.3, 0.4) is 0 Å². The van der Waals surface area contributed by atoms with Gasteiger partial charge in [0, 0.05) is 41.9 Å². The first kappa shape index (κ1) is 16.7. The summed E-state index contributed by atoms with van der Waals surface area (Å²) < 4.78 is 27.3. The van der Waals surface area contributed by atoms with Crippen molar-refractivity contribution in [3.8, 4) is 0 Å². The number of H-pyrrole nitrogens is 1. The van der Waals surface area contributed by atoms with Crippen LogP contribution >= 0.6 is 11.8 Å². The molecule has 1 amide bonds. The molecule has 126 valence electrons. The van der Waals surface area contributed by atoms with Crippen molar-refractivity contribution in [1.82, 2.24) is 9.88 Å². The molecule has 0 bridgehead atoms. The van der Waals surface area contributed by atoms with Gasteiger partial charge in [-0.1, -0.05) is 0 Å². The Bertz CT molecular complexity index is 789. The predicted octanol–water partition coefficient (Wildman–Crippen LogP) is 2.97. The van der Waals surface area contributed by atoms with Crippen LogP contribution in [0, 0.1) is 11.6 Å². The molecule has 1 atom stereocenters. The molecule has 0 radical (unpaired) electrons. The van der Waals surface area contributed by atoms with E-state index in [-0.39, 0.29) is 16.7 Å². The summed E-state index contributed by atoms with van der Waals surface area (Å²) in [5.74, 6) is -0.422. The van der Waals surface area contributed by atoms with Crippen LogP contribution in [-0.4, -0.2) is 34.6 Å². The lowest BCUT2D eigenvalue weighted by molar-refractivity contribution is 0.0766. The molecule has 1 N–H and O–H groups in total. The van der Waals surface area contributed by atoms with E-state index >= 15 is 0 Å². The largest absolute Gasteiger partial charge is 0.338 e. The third-order valence-corrected chi connectivity index (χ3v) is 5.28. The molecule has 1 aromatic heterocycles. The topological polar surface area (TPSA) is 53.2 Å². The van der Waals surface area contributed by atoms with E-state index in [1.165, 1.54) is 36.2 Å². The molecule has 3 rings (SSSR count). The van der Waals surface area contributed by atoms with Crippen molar-refractivity contribution >= 4 is 17.7 Å². The van der Waals surface area contributed by atoms with E-state index in [2.05, 4.69) is 4.98 Å². The predicted molar refractivity (Wildman–Crippen MR) is 89.1 cm³/mol. The van der Waals surface area contributed by atoms with Crippen LogP contribution in [-0.2, 0) is 0 Å². The van der Waals surface area contributed by atoms with Gasteiger partial charge in [0.1, 0.15) is 11.6 Å². The number of hydrogen-bond donors (Lipinski definition) is 1. The Morgan fingerprint density at radius 2 is 2.04 bits per heavy atom. The average Bonchev–Trinajstić information content (AvgIpc) is 2.83. The molecule has 7 heteroatoms. The first-order valence-corrected chi connectivity index (χ1v) is 8.64. The number of rotatable bonds is 2. The summed E-state index contributed by atoms with van der Waals surface area (Å²) in [5, 5.41) is -0.186. The Hall–Kier alpha value is -2.15. The monoisotopic (exact) mass is 350 g/mol. The zero-order valence-electron chi connectivity index (χ0n) is 12.8. The smallest absolute Gasteiger partial charge is 0.255 e. The van der Waals surface area contributed by atoms with Gasteiger partial charge in [-0.05, 0) is 30.7 Å². The summed E-state index contributed by atoms with van der Waals surface area (Å²) in [6.45, 7) is 0.974. The zero-order valence-corrected chi connectivity index (χ0v) is 13.6. The molecule has 2 heterocycles. The first-order chi connectivity index (χ1) is 11.5. The standard InChI is InChI=1S/C17H16F2N2O2S/c18-12-2-3-14(19)13(9-12)15-5-6-21(7-8-24-15)17(23)11-1-4-16(22)20-10-11/h1-4,9-10,15H,5-8H2,(H,20,22). The third kappa shape index (κ3) is 3.67. The molecular formula is C17H16F2N2O2S. The van der Waals surface area contributed by atoms with Crippen molar-refractivity contribution in [3.05, 3.63) is 69.6 Å². The van der Waals surface area contributed by atoms with Crippen molar-refractivity contribution < 1.29 is 13.6 Å². The fraction of sp³-hybridized carbons (Fsp3) is 0.294. The highest BCUT2D eigenvalue weighted by atomic mass is 32.2. The number of nitrogens with zero attached hydrogens (tertiary/aromatic N) is 1. The molecule has 0 saturated carbocycles.